The van der Waals surface area contributed by atoms with Gasteiger partial charge < -0.3 is 5.32 Å². The van der Waals surface area contributed by atoms with Gasteiger partial charge in [-0.3, -0.25) is 4.79 Å². The summed E-state index contributed by atoms with van der Waals surface area (Å²) in [4.78, 5) is 12.7. The zero-order valence-corrected chi connectivity index (χ0v) is 13.2. The number of nitrogens with two attached hydrogens (primary N) is 1. The van der Waals surface area contributed by atoms with E-state index in [2.05, 4.69) is 5.32 Å². The van der Waals surface area contributed by atoms with Crippen LogP contribution < -0.4 is 5.32 Å². The average molecular weight is 316 g/mol. The van der Waals surface area contributed by atoms with Gasteiger partial charge in [-0.05, 0) is 38.1 Å². The first-order chi connectivity index (χ1) is 11.0. The summed E-state index contributed by atoms with van der Waals surface area (Å²) in [5, 5.41) is 2.15. The number of halogens is 2. The molecule has 4 heteroatoms. The Morgan fingerprint density at radius 1 is 0.739 bits per heavy atom. The number of hydrogen-bond acceptors (Lipinski definition) is 1. The van der Waals surface area contributed by atoms with Crippen LogP contribution in [0.4, 0.5) is 8.78 Å². The van der Waals surface area contributed by atoms with Gasteiger partial charge in [-0.15, -0.1) is 0 Å². The molecule has 1 saturated heterocycles. The van der Waals surface area contributed by atoms with Crippen molar-refractivity contribution in [2.45, 2.75) is 25.9 Å². The smallest absolute Gasteiger partial charge is 0.151 e. The summed E-state index contributed by atoms with van der Waals surface area (Å²) in [6.45, 7) is 3.84. The molecule has 0 aromatic heterocycles. The summed E-state index contributed by atoms with van der Waals surface area (Å²) < 4.78 is 26.3. The third-order valence-corrected chi connectivity index (χ3v) is 4.90. The molecule has 1 aliphatic rings. The van der Waals surface area contributed by atoms with Crippen LogP contribution in [-0.2, 0) is 4.79 Å². The van der Waals surface area contributed by atoms with E-state index in [-0.39, 0.29) is 41.3 Å². The molecule has 1 heterocycles. The zero-order chi connectivity index (χ0) is 16.6. The predicted molar refractivity (Wildman–Crippen MR) is 83.5 cm³/mol. The van der Waals surface area contributed by atoms with Crippen molar-refractivity contribution < 1.29 is 18.9 Å². The van der Waals surface area contributed by atoms with Crippen molar-refractivity contribution in [3.8, 4) is 0 Å². The largest absolute Gasteiger partial charge is 0.333 e. The summed E-state index contributed by atoms with van der Waals surface area (Å²) in [5.74, 6) is -0.672. The number of benzene rings is 2. The third-order valence-electron chi connectivity index (χ3n) is 4.90. The molecular formula is C19H20F2NO+. The second kappa shape index (κ2) is 6.20. The van der Waals surface area contributed by atoms with E-state index in [9.17, 15) is 13.6 Å². The quantitative estimate of drug-likeness (QED) is 0.907. The highest BCUT2D eigenvalue weighted by Gasteiger charge is 2.43. The van der Waals surface area contributed by atoms with Gasteiger partial charge >= 0.3 is 0 Å². The minimum absolute atomic E-state index is 0.0608. The molecule has 4 unspecified atom stereocenters. The number of carbonyl (C=O) groups is 1. The summed E-state index contributed by atoms with van der Waals surface area (Å²) in [7, 11) is 0. The first-order valence-corrected chi connectivity index (χ1v) is 7.87. The Hall–Kier alpha value is -2.07. The van der Waals surface area contributed by atoms with Crippen molar-refractivity contribution >= 4 is 5.78 Å². The Kier molecular flexibility index (Phi) is 4.26. The molecule has 3 rings (SSSR count). The molecule has 0 aliphatic carbocycles. The monoisotopic (exact) mass is 316 g/mol. The van der Waals surface area contributed by atoms with Crippen LogP contribution in [0.25, 0.3) is 0 Å². The van der Waals surface area contributed by atoms with E-state index >= 15 is 0 Å². The zero-order valence-electron chi connectivity index (χ0n) is 13.2. The number of hydrogen-bond donors (Lipinski definition) is 1. The Balaban J connectivity index is 1.94. The minimum Gasteiger partial charge on any atom is -0.333 e. The molecule has 0 bridgehead atoms. The molecule has 4 atom stereocenters. The lowest BCUT2D eigenvalue weighted by Gasteiger charge is -2.36. The SMILES string of the molecule is CC1C(=O)C(C)C(c2ccc(F)cc2)[NH2+]C1c1ccc(F)cc1. The molecule has 2 aromatic carbocycles. The molecule has 2 aromatic rings. The van der Waals surface area contributed by atoms with Crippen molar-refractivity contribution in [3.05, 3.63) is 71.3 Å². The van der Waals surface area contributed by atoms with Crippen LogP contribution >= 0.6 is 0 Å². The molecule has 0 radical (unpaired) electrons. The van der Waals surface area contributed by atoms with E-state index in [1.165, 1.54) is 24.3 Å². The van der Waals surface area contributed by atoms with Gasteiger partial charge in [-0.25, -0.2) is 8.78 Å². The maximum absolute atomic E-state index is 13.2. The maximum Gasteiger partial charge on any atom is 0.151 e. The van der Waals surface area contributed by atoms with E-state index in [0.717, 1.165) is 11.1 Å². The highest BCUT2D eigenvalue weighted by molar-refractivity contribution is 5.84. The maximum atomic E-state index is 13.2. The highest BCUT2D eigenvalue weighted by Crippen LogP contribution is 2.32. The van der Waals surface area contributed by atoms with Crippen LogP contribution in [0.3, 0.4) is 0 Å². The van der Waals surface area contributed by atoms with Gasteiger partial charge in [0.05, 0.1) is 11.8 Å². The molecule has 120 valence electrons. The van der Waals surface area contributed by atoms with Crippen molar-refractivity contribution in [1.29, 1.82) is 0 Å². The number of ketones is 1. The summed E-state index contributed by atoms with van der Waals surface area (Å²) >= 11 is 0. The number of rotatable bonds is 2. The molecule has 0 amide bonds. The van der Waals surface area contributed by atoms with Gasteiger partial charge in [0.1, 0.15) is 23.7 Å². The molecule has 0 spiro atoms. The lowest BCUT2D eigenvalue weighted by atomic mass is 9.76. The van der Waals surface area contributed by atoms with Crippen molar-refractivity contribution in [3.63, 3.8) is 0 Å². The van der Waals surface area contributed by atoms with Gasteiger partial charge in [0.15, 0.2) is 5.78 Å². The van der Waals surface area contributed by atoms with Crippen LogP contribution in [0.5, 0.6) is 0 Å². The first kappa shape index (κ1) is 15.8. The van der Waals surface area contributed by atoms with E-state index in [4.69, 9.17) is 0 Å². The summed E-state index contributed by atoms with van der Waals surface area (Å²) in [6.07, 6.45) is 0. The minimum atomic E-state index is -0.285. The number of quaternary nitrogens is 1. The molecule has 23 heavy (non-hydrogen) atoms. The average Bonchev–Trinajstić information content (AvgIpc) is 2.55. The molecule has 2 N–H and O–H groups in total. The first-order valence-electron chi connectivity index (χ1n) is 7.87. The number of carbonyl (C=O) groups excluding carboxylic acids is 1. The summed E-state index contributed by atoms with van der Waals surface area (Å²) in [5.41, 5.74) is 1.87. The molecule has 1 aliphatic heterocycles. The normalized spacial score (nSPS) is 27.9. The van der Waals surface area contributed by atoms with E-state index in [0.29, 0.717) is 0 Å². The van der Waals surface area contributed by atoms with Crippen molar-refractivity contribution in [1.82, 2.24) is 0 Å². The van der Waals surface area contributed by atoms with Gasteiger partial charge in [-0.1, -0.05) is 24.3 Å². The lowest BCUT2D eigenvalue weighted by molar-refractivity contribution is -0.748. The van der Waals surface area contributed by atoms with Crippen LogP contribution in [0.2, 0.25) is 0 Å². The van der Waals surface area contributed by atoms with Crippen molar-refractivity contribution in [2.24, 2.45) is 11.8 Å². The van der Waals surface area contributed by atoms with E-state index < -0.39 is 0 Å². The molecule has 1 fully saturated rings. The van der Waals surface area contributed by atoms with Crippen LogP contribution in [-0.4, -0.2) is 5.78 Å². The predicted octanol–water partition coefficient (Wildman–Crippen LogP) is 3.17. The van der Waals surface area contributed by atoms with Gasteiger partial charge in [0.2, 0.25) is 0 Å². The fourth-order valence-corrected chi connectivity index (χ4v) is 3.49. The molecule has 2 nitrogen and oxygen atoms in total. The highest BCUT2D eigenvalue weighted by atomic mass is 19.1. The standard InChI is InChI=1S/C19H19F2NO/c1-11-17(13-3-7-15(20)8-4-13)22-18(12(2)19(11)23)14-5-9-16(21)10-6-14/h3-12,17-18,22H,1-2H3/p+1. The Morgan fingerprint density at radius 3 is 1.43 bits per heavy atom. The fourth-order valence-electron chi connectivity index (χ4n) is 3.49. The molecular weight excluding hydrogens is 296 g/mol. The Morgan fingerprint density at radius 2 is 1.09 bits per heavy atom. The van der Waals surface area contributed by atoms with E-state index in [1.54, 1.807) is 24.3 Å². The summed E-state index contributed by atoms with van der Waals surface area (Å²) in [6, 6.07) is 12.5. The van der Waals surface area contributed by atoms with Gasteiger partial charge in [-0.2, -0.15) is 0 Å². The number of piperidine rings is 1. The van der Waals surface area contributed by atoms with Crippen LogP contribution in [0, 0.1) is 23.5 Å². The van der Waals surface area contributed by atoms with Gasteiger partial charge in [0, 0.05) is 11.1 Å². The second-order valence-electron chi connectivity index (χ2n) is 6.33. The van der Waals surface area contributed by atoms with Crippen LogP contribution in [0.15, 0.2) is 48.5 Å². The Bertz CT molecular complexity index is 637. The second-order valence-corrected chi connectivity index (χ2v) is 6.33. The fraction of sp³-hybridized carbons (Fsp3) is 0.316. The topological polar surface area (TPSA) is 33.7 Å². The van der Waals surface area contributed by atoms with Crippen LogP contribution in [0.1, 0.15) is 37.1 Å². The Labute approximate surface area is 134 Å². The third kappa shape index (κ3) is 3.04. The lowest BCUT2D eigenvalue weighted by Crippen LogP contribution is -2.91. The number of Topliss-reactive ketones (excluding diaryl/α,β-unsaturated/α-hetero) is 1. The van der Waals surface area contributed by atoms with Gasteiger partial charge in [0.25, 0.3) is 0 Å². The van der Waals surface area contributed by atoms with E-state index in [1.807, 2.05) is 13.8 Å². The van der Waals surface area contributed by atoms with Crippen molar-refractivity contribution in [2.75, 3.05) is 0 Å². The molecule has 0 saturated carbocycles.